The van der Waals surface area contributed by atoms with E-state index in [-0.39, 0.29) is 17.7 Å². The summed E-state index contributed by atoms with van der Waals surface area (Å²) in [4.78, 5) is 38.0. The molecule has 2 saturated carbocycles. The van der Waals surface area contributed by atoms with Crippen LogP contribution in [0.4, 0.5) is 0 Å². The van der Waals surface area contributed by atoms with Crippen LogP contribution in [0.2, 0.25) is 0 Å². The van der Waals surface area contributed by atoms with Gasteiger partial charge in [0.05, 0.1) is 24.6 Å². The molecule has 0 radical (unpaired) electrons. The third-order valence-corrected chi connectivity index (χ3v) is 6.17. The minimum atomic E-state index is -0.539. The minimum absolute atomic E-state index is 0.140. The number of amides is 2. The Kier molecular flexibility index (Phi) is 5.51. The molecule has 1 atom stereocenters. The van der Waals surface area contributed by atoms with Crippen LogP contribution in [-0.2, 0) is 11.2 Å². The molecule has 0 aliphatic heterocycles. The van der Waals surface area contributed by atoms with E-state index in [9.17, 15) is 9.59 Å². The molecule has 8 heteroatoms. The van der Waals surface area contributed by atoms with Crippen LogP contribution < -0.4 is 15.4 Å². The second-order valence-corrected chi connectivity index (χ2v) is 8.65. The number of fused-ring (bicyclic) bond motifs is 1. The first kappa shape index (κ1) is 20.5. The fourth-order valence-corrected chi connectivity index (χ4v) is 3.93. The summed E-state index contributed by atoms with van der Waals surface area (Å²) in [6.45, 7) is 0.508. The fraction of sp³-hybridized carbons (Fsp3) is 0.417. The van der Waals surface area contributed by atoms with Crippen LogP contribution in [0.15, 0.2) is 36.7 Å². The fourth-order valence-electron chi connectivity index (χ4n) is 3.93. The Morgan fingerprint density at radius 1 is 1.19 bits per heavy atom. The van der Waals surface area contributed by atoms with Gasteiger partial charge in [0.25, 0.3) is 5.91 Å². The average molecular weight is 434 g/mol. The molecule has 2 heterocycles. The molecule has 2 aliphatic carbocycles. The molecule has 3 N–H and O–H groups in total. The number of nitrogens with zero attached hydrogens (tertiary/aromatic N) is 2. The van der Waals surface area contributed by atoms with Crippen LogP contribution in [0.25, 0.3) is 11.2 Å². The Labute approximate surface area is 186 Å². The number of rotatable bonds is 9. The Morgan fingerprint density at radius 3 is 2.66 bits per heavy atom. The van der Waals surface area contributed by atoms with E-state index < -0.39 is 6.04 Å². The molecule has 0 saturated heterocycles. The predicted molar refractivity (Wildman–Crippen MR) is 120 cm³/mol. The number of carbonyl (C=O) groups excluding carboxylic acids is 2. The quantitative estimate of drug-likeness (QED) is 0.481. The number of carbonyl (C=O) groups is 2. The number of hydrogen-bond acceptors (Lipinski definition) is 5. The van der Waals surface area contributed by atoms with E-state index in [4.69, 9.17) is 4.74 Å². The first-order valence-electron chi connectivity index (χ1n) is 11.2. The Balaban J connectivity index is 1.22. The largest absolute Gasteiger partial charge is 0.497 e. The lowest BCUT2D eigenvalue weighted by atomic mass is 10.1. The molecule has 2 aromatic heterocycles. The summed E-state index contributed by atoms with van der Waals surface area (Å²) >= 11 is 0. The number of H-pyrrole nitrogens is 1. The molecule has 8 nitrogen and oxygen atoms in total. The van der Waals surface area contributed by atoms with Gasteiger partial charge in [-0.2, -0.15) is 0 Å². The molecule has 2 fully saturated rings. The van der Waals surface area contributed by atoms with E-state index in [1.807, 2.05) is 24.3 Å². The van der Waals surface area contributed by atoms with E-state index in [0.717, 1.165) is 42.7 Å². The average Bonchev–Trinajstić information content (AvgIpc) is 3.74. The summed E-state index contributed by atoms with van der Waals surface area (Å²) < 4.78 is 5.17. The van der Waals surface area contributed by atoms with Crippen molar-refractivity contribution in [1.82, 2.24) is 25.6 Å². The van der Waals surface area contributed by atoms with E-state index in [2.05, 4.69) is 25.6 Å². The van der Waals surface area contributed by atoms with Crippen LogP contribution in [0.3, 0.4) is 0 Å². The lowest BCUT2D eigenvalue weighted by Crippen LogP contribution is -2.48. The first-order valence-corrected chi connectivity index (χ1v) is 11.2. The predicted octanol–water partition coefficient (Wildman–Crippen LogP) is 2.71. The maximum atomic E-state index is 13.0. The Morgan fingerprint density at radius 2 is 1.97 bits per heavy atom. The lowest BCUT2D eigenvalue weighted by molar-refractivity contribution is -0.123. The van der Waals surface area contributed by atoms with Crippen molar-refractivity contribution < 1.29 is 14.3 Å². The summed E-state index contributed by atoms with van der Waals surface area (Å²) in [6, 6.07) is 7.24. The molecule has 2 aliphatic rings. The molecule has 2 amide bonds. The van der Waals surface area contributed by atoms with Gasteiger partial charge < -0.3 is 20.4 Å². The van der Waals surface area contributed by atoms with Gasteiger partial charge in [0.2, 0.25) is 5.91 Å². The maximum absolute atomic E-state index is 13.0. The van der Waals surface area contributed by atoms with Crippen molar-refractivity contribution in [2.45, 2.75) is 44.1 Å². The van der Waals surface area contributed by atoms with Crippen molar-refractivity contribution >= 4 is 23.0 Å². The number of hydrogen-bond donors (Lipinski definition) is 3. The van der Waals surface area contributed by atoms with Gasteiger partial charge in [-0.05, 0) is 55.7 Å². The number of aromatic nitrogens is 3. The SMILES string of the molecule is COc1ccc(CCNC(=O)C(NC(=O)c2c[nH]c3ncc(C4CC4)nc23)C2CC2)cc1. The van der Waals surface area contributed by atoms with E-state index in [1.165, 1.54) is 0 Å². The molecule has 0 bridgehead atoms. The topological polar surface area (TPSA) is 109 Å². The number of methoxy groups -OCH3 is 1. The number of ether oxygens (including phenoxy) is 1. The zero-order valence-corrected chi connectivity index (χ0v) is 18.1. The summed E-state index contributed by atoms with van der Waals surface area (Å²) in [5, 5.41) is 5.93. The van der Waals surface area contributed by atoms with E-state index >= 15 is 0 Å². The number of nitrogens with one attached hydrogen (secondary N) is 3. The maximum Gasteiger partial charge on any atom is 0.255 e. The van der Waals surface area contributed by atoms with Gasteiger partial charge in [-0.1, -0.05) is 12.1 Å². The van der Waals surface area contributed by atoms with Crippen LogP contribution >= 0.6 is 0 Å². The van der Waals surface area contributed by atoms with Gasteiger partial charge in [-0.15, -0.1) is 0 Å². The summed E-state index contributed by atoms with van der Waals surface area (Å²) in [5.74, 6) is 1.01. The van der Waals surface area contributed by atoms with Crippen LogP contribution in [0, 0.1) is 5.92 Å². The second kappa shape index (κ2) is 8.61. The second-order valence-electron chi connectivity index (χ2n) is 8.65. The molecule has 1 aromatic carbocycles. The van der Waals surface area contributed by atoms with Crippen molar-refractivity contribution in [2.75, 3.05) is 13.7 Å². The highest BCUT2D eigenvalue weighted by Gasteiger charge is 2.37. The standard InChI is InChI=1S/C24H27N5O3/c1-32-17-8-2-14(3-9-17)10-11-25-24(31)20(16-6-7-16)29-23(30)18-12-26-22-21(18)28-19(13-27-22)15-4-5-15/h2-3,8-9,12-13,15-16,20H,4-7,10-11H2,1H3,(H,25,31)(H,26,27)(H,29,30). The van der Waals surface area contributed by atoms with Crippen molar-refractivity contribution in [1.29, 1.82) is 0 Å². The monoisotopic (exact) mass is 433 g/mol. The van der Waals surface area contributed by atoms with Gasteiger partial charge >= 0.3 is 0 Å². The summed E-state index contributed by atoms with van der Waals surface area (Å²) in [6.07, 6.45) is 8.23. The highest BCUT2D eigenvalue weighted by Crippen LogP contribution is 2.39. The lowest BCUT2D eigenvalue weighted by Gasteiger charge is -2.18. The molecular weight excluding hydrogens is 406 g/mol. The summed E-state index contributed by atoms with van der Waals surface area (Å²) in [7, 11) is 1.64. The Bertz CT molecular complexity index is 1130. The van der Waals surface area contributed by atoms with Crippen molar-refractivity contribution in [3.63, 3.8) is 0 Å². The van der Waals surface area contributed by atoms with Crippen molar-refractivity contribution in [3.05, 3.63) is 53.5 Å². The molecule has 1 unspecified atom stereocenters. The molecule has 0 spiro atoms. The third-order valence-electron chi connectivity index (χ3n) is 6.17. The zero-order chi connectivity index (χ0) is 22.1. The number of benzene rings is 1. The van der Waals surface area contributed by atoms with E-state index in [0.29, 0.717) is 35.6 Å². The van der Waals surface area contributed by atoms with Crippen molar-refractivity contribution in [3.8, 4) is 5.75 Å². The van der Waals surface area contributed by atoms with Gasteiger partial charge in [-0.25, -0.2) is 9.97 Å². The molecule has 32 heavy (non-hydrogen) atoms. The highest BCUT2D eigenvalue weighted by molar-refractivity contribution is 6.06. The summed E-state index contributed by atoms with van der Waals surface area (Å²) in [5.41, 5.74) is 3.64. The highest BCUT2D eigenvalue weighted by atomic mass is 16.5. The molecule has 5 rings (SSSR count). The number of aromatic amines is 1. The van der Waals surface area contributed by atoms with Crippen LogP contribution in [-0.4, -0.2) is 46.5 Å². The normalized spacial score (nSPS) is 16.5. The smallest absolute Gasteiger partial charge is 0.255 e. The van der Waals surface area contributed by atoms with E-state index in [1.54, 1.807) is 19.5 Å². The zero-order valence-electron chi connectivity index (χ0n) is 18.1. The van der Waals surface area contributed by atoms with Crippen LogP contribution in [0.5, 0.6) is 5.75 Å². The molecular formula is C24H27N5O3. The van der Waals surface area contributed by atoms with Gasteiger partial charge in [0, 0.05) is 18.7 Å². The van der Waals surface area contributed by atoms with Crippen LogP contribution in [0.1, 0.15) is 53.2 Å². The first-order chi connectivity index (χ1) is 15.6. The minimum Gasteiger partial charge on any atom is -0.497 e. The van der Waals surface area contributed by atoms with Gasteiger partial charge in [0.15, 0.2) is 5.65 Å². The van der Waals surface area contributed by atoms with Gasteiger partial charge in [0.1, 0.15) is 17.3 Å². The molecule has 166 valence electrons. The van der Waals surface area contributed by atoms with Crippen molar-refractivity contribution in [2.24, 2.45) is 5.92 Å². The third kappa shape index (κ3) is 4.44. The van der Waals surface area contributed by atoms with Gasteiger partial charge in [-0.3, -0.25) is 9.59 Å². The Hall–Kier alpha value is -3.42. The molecule has 3 aromatic rings.